The molecule has 3 heterocycles. The van der Waals surface area contributed by atoms with Crippen LogP contribution in [0.25, 0.3) is 11.5 Å². The molecule has 0 aliphatic carbocycles. The van der Waals surface area contributed by atoms with E-state index in [1.54, 1.807) is 19.2 Å². The van der Waals surface area contributed by atoms with Crippen LogP contribution in [-0.4, -0.2) is 54.5 Å². The first kappa shape index (κ1) is 18.7. The minimum atomic E-state index is -4.54. The van der Waals surface area contributed by atoms with Gasteiger partial charge >= 0.3 is 6.18 Å². The van der Waals surface area contributed by atoms with Gasteiger partial charge in [0.1, 0.15) is 11.3 Å². The molecule has 1 aliphatic rings. The third-order valence-electron chi connectivity index (χ3n) is 4.33. The summed E-state index contributed by atoms with van der Waals surface area (Å²) in [6.45, 7) is 2.90. The van der Waals surface area contributed by atoms with Crippen LogP contribution in [0.2, 0.25) is 0 Å². The van der Waals surface area contributed by atoms with Crippen molar-refractivity contribution in [2.45, 2.75) is 25.1 Å². The van der Waals surface area contributed by atoms with Gasteiger partial charge in [0.05, 0.1) is 12.9 Å². The summed E-state index contributed by atoms with van der Waals surface area (Å²) >= 11 is 0. The van der Waals surface area contributed by atoms with Crippen LogP contribution in [-0.2, 0) is 10.9 Å². The van der Waals surface area contributed by atoms with Crippen LogP contribution in [0.1, 0.15) is 18.4 Å². The quantitative estimate of drug-likeness (QED) is 0.842. The number of methoxy groups -OCH3 is 1. The summed E-state index contributed by atoms with van der Waals surface area (Å²) in [4.78, 5) is 2.17. The van der Waals surface area contributed by atoms with E-state index in [0.29, 0.717) is 13.2 Å². The fourth-order valence-electron chi connectivity index (χ4n) is 3.05. The standard InChI is InChI=1S/C17H21F3N4O2/c1-25-9-7-24-6-2-4-12(11-24)21-16-13(17(18,19)20)10-14(22-23-16)15-5-3-8-26-15/h3,5,8,10,12H,2,4,6-7,9,11H2,1H3,(H,21,23). The van der Waals surface area contributed by atoms with E-state index in [2.05, 4.69) is 20.4 Å². The number of halogens is 3. The van der Waals surface area contributed by atoms with E-state index in [4.69, 9.17) is 9.15 Å². The number of rotatable bonds is 6. The van der Waals surface area contributed by atoms with Crippen molar-refractivity contribution in [1.82, 2.24) is 15.1 Å². The molecule has 0 aromatic carbocycles. The molecule has 0 saturated carbocycles. The maximum absolute atomic E-state index is 13.5. The second kappa shape index (κ2) is 8.05. The number of piperidine rings is 1. The highest BCUT2D eigenvalue weighted by molar-refractivity contribution is 5.57. The molecule has 0 spiro atoms. The zero-order valence-electron chi connectivity index (χ0n) is 14.4. The number of anilines is 1. The molecule has 0 radical (unpaired) electrons. The average molecular weight is 370 g/mol. The van der Waals surface area contributed by atoms with E-state index in [0.717, 1.165) is 32.0 Å². The molecule has 0 bridgehead atoms. The number of aromatic nitrogens is 2. The van der Waals surface area contributed by atoms with Crippen LogP contribution in [0, 0.1) is 0 Å². The second-order valence-electron chi connectivity index (χ2n) is 6.24. The second-order valence-corrected chi connectivity index (χ2v) is 6.24. The maximum atomic E-state index is 13.5. The first-order valence-corrected chi connectivity index (χ1v) is 8.44. The number of nitrogens with one attached hydrogen (secondary N) is 1. The fourth-order valence-corrected chi connectivity index (χ4v) is 3.05. The van der Waals surface area contributed by atoms with Crippen molar-refractivity contribution in [3.63, 3.8) is 0 Å². The molecule has 3 rings (SSSR count). The monoisotopic (exact) mass is 370 g/mol. The number of ether oxygens (including phenoxy) is 1. The highest BCUT2D eigenvalue weighted by atomic mass is 19.4. The minimum absolute atomic E-state index is 0.0539. The predicted molar refractivity (Wildman–Crippen MR) is 89.7 cm³/mol. The first-order chi connectivity index (χ1) is 12.5. The van der Waals surface area contributed by atoms with Crippen molar-refractivity contribution in [3.8, 4) is 11.5 Å². The molecule has 1 unspecified atom stereocenters. The molecule has 1 N–H and O–H groups in total. The lowest BCUT2D eigenvalue weighted by Gasteiger charge is -2.33. The molecule has 1 saturated heterocycles. The molecule has 1 fully saturated rings. The van der Waals surface area contributed by atoms with Crippen LogP contribution in [0.15, 0.2) is 28.9 Å². The molecule has 2 aromatic heterocycles. The summed E-state index contributed by atoms with van der Waals surface area (Å²) in [6, 6.07) is 3.99. The summed E-state index contributed by atoms with van der Waals surface area (Å²) in [5, 5.41) is 10.6. The Kier molecular flexibility index (Phi) is 5.77. The van der Waals surface area contributed by atoms with Gasteiger partial charge in [0.15, 0.2) is 11.6 Å². The summed E-state index contributed by atoms with van der Waals surface area (Å²) in [6.07, 6.45) is -1.47. The lowest BCUT2D eigenvalue weighted by atomic mass is 10.1. The lowest BCUT2D eigenvalue weighted by Crippen LogP contribution is -2.43. The van der Waals surface area contributed by atoms with Crippen LogP contribution < -0.4 is 5.32 Å². The van der Waals surface area contributed by atoms with Gasteiger partial charge in [0, 0.05) is 26.2 Å². The lowest BCUT2D eigenvalue weighted by molar-refractivity contribution is -0.137. The van der Waals surface area contributed by atoms with E-state index in [9.17, 15) is 13.2 Å². The SMILES string of the molecule is COCCN1CCCC(Nc2nnc(-c3ccco3)cc2C(F)(F)F)C1. The smallest absolute Gasteiger partial charge is 0.420 e. The number of likely N-dealkylation sites (tertiary alicyclic amines) is 1. The number of alkyl halides is 3. The van der Waals surface area contributed by atoms with E-state index < -0.39 is 11.7 Å². The molecule has 0 amide bonds. The van der Waals surface area contributed by atoms with E-state index in [1.807, 2.05) is 0 Å². The van der Waals surface area contributed by atoms with Crippen molar-refractivity contribution < 1.29 is 22.3 Å². The van der Waals surface area contributed by atoms with E-state index in [-0.39, 0.29) is 23.3 Å². The fraction of sp³-hybridized carbons (Fsp3) is 0.529. The zero-order valence-corrected chi connectivity index (χ0v) is 14.4. The van der Waals surface area contributed by atoms with Crippen LogP contribution in [0.4, 0.5) is 19.0 Å². The number of hydrogen-bond donors (Lipinski definition) is 1. The van der Waals surface area contributed by atoms with E-state index in [1.165, 1.54) is 6.26 Å². The van der Waals surface area contributed by atoms with Crippen LogP contribution in [0.3, 0.4) is 0 Å². The Labute approximate surface area is 149 Å². The molecule has 26 heavy (non-hydrogen) atoms. The van der Waals surface area contributed by atoms with Gasteiger partial charge in [-0.15, -0.1) is 10.2 Å². The van der Waals surface area contributed by atoms with Crippen molar-refractivity contribution in [3.05, 3.63) is 30.0 Å². The molecule has 9 heteroatoms. The van der Waals surface area contributed by atoms with Gasteiger partial charge in [-0.3, -0.25) is 4.90 Å². The molecular weight excluding hydrogens is 349 g/mol. The maximum Gasteiger partial charge on any atom is 0.420 e. The molecule has 6 nitrogen and oxygen atoms in total. The Balaban J connectivity index is 1.78. The van der Waals surface area contributed by atoms with Gasteiger partial charge in [-0.2, -0.15) is 13.2 Å². The largest absolute Gasteiger partial charge is 0.463 e. The van der Waals surface area contributed by atoms with Gasteiger partial charge in [-0.05, 0) is 37.6 Å². The van der Waals surface area contributed by atoms with Gasteiger partial charge in [0.2, 0.25) is 0 Å². The third kappa shape index (κ3) is 4.53. The molecule has 2 aromatic rings. The Morgan fingerprint density at radius 2 is 2.23 bits per heavy atom. The number of nitrogens with zero attached hydrogens (tertiary/aromatic N) is 3. The first-order valence-electron chi connectivity index (χ1n) is 8.44. The molecule has 142 valence electrons. The topological polar surface area (TPSA) is 63.4 Å². The molecule has 1 aliphatic heterocycles. The van der Waals surface area contributed by atoms with Crippen LogP contribution >= 0.6 is 0 Å². The number of furan rings is 1. The Bertz CT molecular complexity index is 707. The Hall–Kier alpha value is -2.13. The minimum Gasteiger partial charge on any atom is -0.463 e. The van der Waals surface area contributed by atoms with Crippen molar-refractivity contribution in [2.24, 2.45) is 0 Å². The zero-order chi connectivity index (χ0) is 18.6. The Morgan fingerprint density at radius 1 is 1.38 bits per heavy atom. The normalized spacial score (nSPS) is 18.8. The molecule has 1 atom stereocenters. The summed E-state index contributed by atoms with van der Waals surface area (Å²) in [7, 11) is 1.63. The van der Waals surface area contributed by atoms with Gasteiger partial charge in [-0.1, -0.05) is 0 Å². The summed E-state index contributed by atoms with van der Waals surface area (Å²) in [5.74, 6) is 0.00403. The van der Waals surface area contributed by atoms with Crippen molar-refractivity contribution in [2.75, 3.05) is 38.7 Å². The average Bonchev–Trinajstić information content (AvgIpc) is 3.14. The summed E-state index contributed by atoms with van der Waals surface area (Å²) < 4.78 is 50.7. The van der Waals surface area contributed by atoms with Crippen molar-refractivity contribution >= 4 is 5.82 Å². The third-order valence-corrected chi connectivity index (χ3v) is 4.33. The molecular formula is C17H21F3N4O2. The van der Waals surface area contributed by atoms with Gasteiger partial charge in [-0.25, -0.2) is 0 Å². The predicted octanol–water partition coefficient (Wildman–Crippen LogP) is 3.28. The van der Waals surface area contributed by atoms with Crippen molar-refractivity contribution in [1.29, 1.82) is 0 Å². The highest BCUT2D eigenvalue weighted by Crippen LogP contribution is 2.36. The van der Waals surface area contributed by atoms with Gasteiger partial charge < -0.3 is 14.5 Å². The highest BCUT2D eigenvalue weighted by Gasteiger charge is 2.36. The van der Waals surface area contributed by atoms with Gasteiger partial charge in [0.25, 0.3) is 0 Å². The number of hydrogen-bond acceptors (Lipinski definition) is 6. The Morgan fingerprint density at radius 3 is 2.92 bits per heavy atom. The summed E-state index contributed by atoms with van der Waals surface area (Å²) in [5.41, 5.74) is -0.786. The van der Waals surface area contributed by atoms with E-state index >= 15 is 0 Å². The van der Waals surface area contributed by atoms with Crippen LogP contribution in [0.5, 0.6) is 0 Å².